The van der Waals surface area contributed by atoms with Crippen LogP contribution in [0, 0.1) is 0 Å². The van der Waals surface area contributed by atoms with Gasteiger partial charge in [-0.1, -0.05) is 18.2 Å². The van der Waals surface area contributed by atoms with Crippen LogP contribution in [-0.4, -0.2) is 48.8 Å². The first-order valence-corrected chi connectivity index (χ1v) is 16.8. The summed E-state index contributed by atoms with van der Waals surface area (Å²) in [6, 6.07) is 15.7. The molecule has 3 heterocycles. The molecule has 0 aromatic heterocycles. The van der Waals surface area contributed by atoms with Crippen LogP contribution in [-0.2, 0) is 31.6 Å². The lowest BCUT2D eigenvalue weighted by Gasteiger charge is -2.33. The molecule has 0 aliphatic carbocycles. The summed E-state index contributed by atoms with van der Waals surface area (Å²) in [5.74, 6) is 1.64. The van der Waals surface area contributed by atoms with Crippen molar-refractivity contribution in [2.75, 3.05) is 42.6 Å². The quantitative estimate of drug-likeness (QED) is 0.0704. The van der Waals surface area contributed by atoms with Crippen LogP contribution in [0.5, 0.6) is 11.5 Å². The minimum atomic E-state index is -0.977. The topological polar surface area (TPSA) is 136 Å². The largest absolute Gasteiger partial charge is 0.691 e. The summed E-state index contributed by atoms with van der Waals surface area (Å²) in [5.41, 5.74) is 6.14. The third-order valence-corrected chi connectivity index (χ3v) is 9.65. The summed E-state index contributed by atoms with van der Waals surface area (Å²) in [5, 5.41) is 39.3. The molecule has 0 atom stereocenters. The van der Waals surface area contributed by atoms with Gasteiger partial charge in [0.15, 0.2) is 0 Å². The Hall–Kier alpha value is -3.14. The molecule has 1 N–H and O–H groups in total. The van der Waals surface area contributed by atoms with E-state index in [1.807, 2.05) is 12.1 Å². The molecule has 0 bridgehead atoms. The highest BCUT2D eigenvalue weighted by Crippen LogP contribution is 2.42. The van der Waals surface area contributed by atoms with Crippen molar-refractivity contribution in [2.24, 2.45) is 0 Å². The number of carboxylic acid groups (broad SMARTS) is 1. The van der Waals surface area contributed by atoms with E-state index in [2.05, 4.69) is 52.5 Å². The van der Waals surface area contributed by atoms with Crippen LogP contribution in [0.3, 0.4) is 0 Å². The van der Waals surface area contributed by atoms with Gasteiger partial charge in [-0.25, -0.2) is 9.37 Å². The number of ether oxygens (including phenoxy) is 1. The molecule has 3 aliphatic rings. The van der Waals surface area contributed by atoms with Crippen molar-refractivity contribution in [3.8, 4) is 11.5 Å². The van der Waals surface area contributed by atoms with E-state index in [9.17, 15) is 20.4 Å². The van der Waals surface area contributed by atoms with E-state index in [-0.39, 0.29) is 5.56 Å². The maximum absolute atomic E-state index is 12.4. The molecule has 0 radical (unpaired) electrons. The Bertz CT molecular complexity index is 1680. The number of nitrogens with zero attached hydrogens (tertiary/aromatic N) is 2. The Kier molecular flexibility index (Phi) is 10.6. The predicted octanol–water partition coefficient (Wildman–Crippen LogP) is 2.45. The van der Waals surface area contributed by atoms with Crippen LogP contribution < -0.4 is 35.3 Å². The molecule has 3 aromatic rings. The number of aryl methyl sites for hydroxylation is 2. The lowest BCUT2D eigenvalue weighted by atomic mass is 9.86. The van der Waals surface area contributed by atoms with Gasteiger partial charge in [-0.2, -0.15) is 8.67 Å². The molecule has 238 valence electrons. The van der Waals surface area contributed by atoms with Gasteiger partial charge < -0.3 is 25.3 Å². The Labute approximate surface area is 268 Å². The fourth-order valence-corrected chi connectivity index (χ4v) is 7.29. The van der Waals surface area contributed by atoms with Gasteiger partial charge in [0.05, 0.1) is 11.6 Å². The second-order valence-electron chi connectivity index (χ2n) is 11.1. The summed E-state index contributed by atoms with van der Waals surface area (Å²) in [6.07, 6.45) is 5.41. The lowest BCUT2D eigenvalue weighted by molar-refractivity contribution is -0.777. The summed E-state index contributed by atoms with van der Waals surface area (Å²) in [6.45, 7) is 3.36. The molecule has 0 unspecified atom stereocenters. The number of aromatic carboxylic acids is 1. The van der Waals surface area contributed by atoms with Crippen molar-refractivity contribution in [1.82, 2.24) is 4.58 Å². The van der Waals surface area contributed by atoms with E-state index >= 15 is 0 Å². The number of hydrogen-bond acceptors (Lipinski definition) is 11. The first kappa shape index (κ1) is 31.8. The molecular weight excluding hydrogens is 620 g/mol. The minimum Gasteiger partial charge on any atom is -0.691 e. The van der Waals surface area contributed by atoms with Crippen molar-refractivity contribution in [3.63, 3.8) is 0 Å². The van der Waals surface area contributed by atoms with Crippen molar-refractivity contribution in [1.29, 1.82) is 0 Å². The third-order valence-electron chi connectivity index (χ3n) is 8.44. The smallest absolute Gasteiger partial charge is 0.336 e. The zero-order valence-electron chi connectivity index (χ0n) is 24.5. The van der Waals surface area contributed by atoms with Crippen LogP contribution in [0.25, 0.3) is 5.57 Å². The van der Waals surface area contributed by atoms with E-state index < -0.39 is 5.97 Å². The molecule has 13 heteroatoms. The third kappa shape index (κ3) is 7.00. The van der Waals surface area contributed by atoms with Gasteiger partial charge in [0, 0.05) is 95.2 Å². The normalized spacial score (nSPS) is 15.2. The van der Waals surface area contributed by atoms with E-state index in [1.54, 1.807) is 12.1 Å². The van der Waals surface area contributed by atoms with E-state index in [4.69, 9.17) is 4.74 Å². The average molecular weight is 654 g/mol. The highest BCUT2D eigenvalue weighted by Gasteiger charge is 2.29. The number of carbonyl (C=O) groups is 1. The SMILES string of the molecule is O=C(O)c1ccccc1C1=c2cc3c(cc2Oc2cc4c(cc21)CCCN4CCCSOO[O-])=[N+](CCCSOO[O-])CCC3. The summed E-state index contributed by atoms with van der Waals surface area (Å²) >= 11 is 1.98. The number of benzene rings is 3. The number of hydrogen-bond donors (Lipinski definition) is 1. The van der Waals surface area contributed by atoms with Gasteiger partial charge in [0.2, 0.25) is 5.36 Å². The number of fused-ring (bicyclic) bond motifs is 4. The molecule has 3 aromatic carbocycles. The van der Waals surface area contributed by atoms with Crippen LogP contribution in [0.2, 0.25) is 0 Å². The summed E-state index contributed by atoms with van der Waals surface area (Å²) in [4.78, 5) is 14.8. The molecule has 0 saturated heterocycles. The number of anilines is 1. The van der Waals surface area contributed by atoms with Crippen LogP contribution in [0.4, 0.5) is 5.69 Å². The van der Waals surface area contributed by atoms with Crippen molar-refractivity contribution in [2.45, 2.75) is 38.5 Å². The zero-order valence-corrected chi connectivity index (χ0v) is 26.2. The highest BCUT2D eigenvalue weighted by molar-refractivity contribution is 7.94. The molecule has 0 amide bonds. The van der Waals surface area contributed by atoms with Crippen molar-refractivity contribution >= 4 is 41.3 Å². The van der Waals surface area contributed by atoms with Crippen LogP contribution >= 0.6 is 24.1 Å². The summed E-state index contributed by atoms with van der Waals surface area (Å²) < 4.78 is 17.9. The monoisotopic (exact) mass is 653 g/mol. The first-order valence-electron chi connectivity index (χ1n) is 15.0. The van der Waals surface area contributed by atoms with E-state index in [0.29, 0.717) is 28.6 Å². The molecular formula is C32H33N2O9S2-. The standard InChI is InChI=1S/C32H34N2O9S2/c35-32(36)24-10-2-1-9-23(24)31-25-17-21-7-3-11-33(13-5-15-44-42-40-37)27(21)19-29(25)39-30-20-28-22(18-26(30)31)8-4-12-34(28)14-6-16-45-43-41-38/h1-2,9-10,17-20H,3-8,11-16H2,(H2-,35,36,37,38)/p-1. The highest BCUT2D eigenvalue weighted by atomic mass is 32.2. The maximum Gasteiger partial charge on any atom is 0.336 e. The lowest BCUT2D eigenvalue weighted by Crippen LogP contribution is -2.40. The van der Waals surface area contributed by atoms with Gasteiger partial charge >= 0.3 is 5.97 Å². The molecule has 11 nitrogen and oxygen atoms in total. The molecule has 0 fully saturated rings. The van der Waals surface area contributed by atoms with Crippen molar-refractivity contribution < 1.29 is 43.9 Å². The van der Waals surface area contributed by atoms with Gasteiger partial charge in [0.25, 0.3) is 0 Å². The van der Waals surface area contributed by atoms with E-state index in [1.165, 1.54) is 11.1 Å². The first-order chi connectivity index (χ1) is 22.1. The van der Waals surface area contributed by atoms with Gasteiger partial charge in [-0.3, -0.25) is 10.1 Å². The fraction of sp³-hybridized carbons (Fsp3) is 0.375. The van der Waals surface area contributed by atoms with Crippen LogP contribution in [0.15, 0.2) is 48.5 Å². The second kappa shape index (κ2) is 15.0. The zero-order chi connectivity index (χ0) is 31.2. The van der Waals surface area contributed by atoms with Gasteiger partial charge in [-0.05, 0) is 55.0 Å². The fourth-order valence-electron chi connectivity index (χ4n) is 6.58. The Morgan fingerprint density at radius 2 is 1.71 bits per heavy atom. The number of rotatable bonds is 14. The molecule has 6 rings (SSSR count). The van der Waals surface area contributed by atoms with Gasteiger partial charge in [-0.15, -0.1) is 0 Å². The molecule has 45 heavy (non-hydrogen) atoms. The van der Waals surface area contributed by atoms with E-state index in [0.717, 1.165) is 116 Å². The summed E-state index contributed by atoms with van der Waals surface area (Å²) in [7, 11) is 0. The average Bonchev–Trinajstić information content (AvgIpc) is 3.05. The predicted molar refractivity (Wildman–Crippen MR) is 166 cm³/mol. The Balaban J connectivity index is 1.46. The minimum absolute atomic E-state index is 0.244. The molecule has 0 saturated carbocycles. The van der Waals surface area contributed by atoms with Crippen molar-refractivity contribution in [3.05, 3.63) is 86.9 Å². The van der Waals surface area contributed by atoms with Gasteiger partial charge in [0.1, 0.15) is 24.6 Å². The Morgan fingerprint density at radius 1 is 0.933 bits per heavy atom. The molecule has 3 aliphatic heterocycles. The second-order valence-corrected chi connectivity index (χ2v) is 12.6. The Morgan fingerprint density at radius 3 is 2.51 bits per heavy atom. The molecule has 0 spiro atoms. The number of carboxylic acids is 1. The maximum atomic E-state index is 12.4. The van der Waals surface area contributed by atoms with Crippen LogP contribution in [0.1, 0.15) is 58.3 Å².